The number of amides is 6. The number of aliphatic imine (C=N–C) groups is 1. The van der Waals surface area contributed by atoms with E-state index in [4.69, 9.17) is 17.2 Å². The van der Waals surface area contributed by atoms with E-state index in [1.807, 2.05) is 38.1 Å². The number of H-pyrrole nitrogens is 1. The lowest BCUT2D eigenvalue weighted by molar-refractivity contribution is -0.135. The largest absolute Gasteiger partial charge is 0.394 e. The van der Waals surface area contributed by atoms with E-state index >= 15 is 0 Å². The second-order valence-corrected chi connectivity index (χ2v) is 12.1. The lowest BCUT2D eigenvalue weighted by Gasteiger charge is -2.27. The van der Waals surface area contributed by atoms with Crippen LogP contribution in [0.3, 0.4) is 0 Å². The molecule has 1 aromatic heterocycles. The zero-order valence-electron chi connectivity index (χ0n) is 27.1. The van der Waals surface area contributed by atoms with Crippen LogP contribution in [0.15, 0.2) is 35.5 Å². The van der Waals surface area contributed by atoms with Gasteiger partial charge in [-0.05, 0) is 43.2 Å². The predicted octanol–water partition coefficient (Wildman–Crippen LogP) is -2.49. The molecule has 1 aliphatic rings. The van der Waals surface area contributed by atoms with Gasteiger partial charge < -0.3 is 53.9 Å². The summed E-state index contributed by atoms with van der Waals surface area (Å²) in [6.45, 7) is 3.03. The average molecular weight is 671 g/mol. The summed E-state index contributed by atoms with van der Waals surface area (Å²) in [5.74, 6) is -4.20. The van der Waals surface area contributed by atoms with Crippen LogP contribution in [0.25, 0.3) is 10.9 Å². The third kappa shape index (κ3) is 11.0. The number of nitrogens with one attached hydrogen (secondary N) is 6. The van der Waals surface area contributed by atoms with Crippen LogP contribution in [-0.4, -0.2) is 94.9 Å². The van der Waals surface area contributed by atoms with Crippen LogP contribution in [-0.2, 0) is 35.2 Å². The van der Waals surface area contributed by atoms with Crippen molar-refractivity contribution in [3.05, 3.63) is 36.0 Å². The van der Waals surface area contributed by atoms with Crippen LogP contribution in [0, 0.1) is 5.92 Å². The number of guanidine groups is 1. The molecular weight excluding hydrogens is 624 g/mol. The van der Waals surface area contributed by atoms with Crippen LogP contribution < -0.4 is 43.8 Å². The Morgan fingerprint density at radius 1 is 0.938 bits per heavy atom. The fourth-order valence-corrected chi connectivity index (χ4v) is 5.31. The Balaban J connectivity index is 1.74. The molecule has 48 heavy (non-hydrogen) atoms. The minimum Gasteiger partial charge on any atom is -0.394 e. The number of carbonyl (C=O) groups excluding carboxylic acids is 6. The lowest BCUT2D eigenvalue weighted by Crippen LogP contribution is -2.59. The Hall–Kier alpha value is -5.19. The van der Waals surface area contributed by atoms with Crippen molar-refractivity contribution in [2.45, 2.75) is 82.6 Å². The van der Waals surface area contributed by atoms with Gasteiger partial charge in [-0.2, -0.15) is 0 Å². The number of nitrogens with two attached hydrogens (primary N) is 3. The van der Waals surface area contributed by atoms with Gasteiger partial charge in [-0.1, -0.05) is 32.0 Å². The molecule has 0 aliphatic carbocycles. The number of aromatic amines is 1. The topological polar surface area (TPSA) is 289 Å². The fraction of sp³-hybridized carbons (Fsp3) is 0.516. The Kier molecular flexibility index (Phi) is 13.7. The molecule has 2 heterocycles. The third-order valence-corrected chi connectivity index (χ3v) is 7.80. The van der Waals surface area contributed by atoms with E-state index in [0.29, 0.717) is 0 Å². The van der Waals surface area contributed by atoms with Crippen molar-refractivity contribution < 1.29 is 33.9 Å². The number of nitrogens with zero attached hydrogens (tertiary/aromatic N) is 1. The zero-order valence-corrected chi connectivity index (χ0v) is 27.1. The predicted molar refractivity (Wildman–Crippen MR) is 177 cm³/mol. The van der Waals surface area contributed by atoms with Crippen LogP contribution >= 0.6 is 0 Å². The molecule has 0 unspecified atom stereocenters. The average Bonchev–Trinajstić information content (AvgIpc) is 3.66. The van der Waals surface area contributed by atoms with Crippen LogP contribution in [0.5, 0.6) is 0 Å². The first-order valence-corrected chi connectivity index (χ1v) is 15.8. The maximum atomic E-state index is 13.6. The lowest BCUT2D eigenvalue weighted by atomic mass is 10.0. The summed E-state index contributed by atoms with van der Waals surface area (Å²) in [7, 11) is 0. The van der Waals surface area contributed by atoms with Crippen molar-refractivity contribution in [2.75, 3.05) is 13.2 Å². The number of fused-ring (bicyclic) bond motifs is 1. The summed E-state index contributed by atoms with van der Waals surface area (Å²) in [5.41, 5.74) is 18.1. The smallest absolute Gasteiger partial charge is 0.245 e. The molecule has 262 valence electrons. The monoisotopic (exact) mass is 670 g/mol. The summed E-state index contributed by atoms with van der Waals surface area (Å²) in [6, 6.07) is 1.74. The SMILES string of the molecule is CC(C)C[C@H](NC(=O)[C@H](CO)NC(=O)[C@@H]1CCC(=O)N1)C(=O)N[C@@H](CCCN=C(N)N)C(=O)N[C@@H](Cc1c[nH]c2ccccc12)C(N)=O. The van der Waals surface area contributed by atoms with Crippen molar-refractivity contribution in [3.63, 3.8) is 0 Å². The first-order chi connectivity index (χ1) is 22.8. The molecule has 3 rings (SSSR count). The molecule has 1 aromatic carbocycles. The van der Waals surface area contributed by atoms with Crippen molar-refractivity contribution >= 4 is 52.3 Å². The highest BCUT2D eigenvalue weighted by Gasteiger charge is 2.33. The highest BCUT2D eigenvalue weighted by atomic mass is 16.3. The van der Waals surface area contributed by atoms with Gasteiger partial charge >= 0.3 is 0 Å². The Morgan fingerprint density at radius 2 is 1.58 bits per heavy atom. The molecule has 1 saturated heterocycles. The van der Waals surface area contributed by atoms with Crippen LogP contribution in [0.2, 0.25) is 0 Å². The number of rotatable bonds is 18. The molecule has 2 aromatic rings. The van der Waals surface area contributed by atoms with Crippen molar-refractivity contribution in [2.24, 2.45) is 28.1 Å². The second-order valence-electron chi connectivity index (χ2n) is 12.1. The zero-order chi connectivity index (χ0) is 35.4. The number of hydrogen-bond donors (Lipinski definition) is 10. The van der Waals surface area contributed by atoms with Crippen molar-refractivity contribution in [1.82, 2.24) is 31.6 Å². The van der Waals surface area contributed by atoms with Gasteiger partial charge in [0.2, 0.25) is 35.4 Å². The molecule has 0 bridgehead atoms. The first-order valence-electron chi connectivity index (χ1n) is 15.8. The molecule has 17 nitrogen and oxygen atoms in total. The molecule has 0 spiro atoms. The quantitative estimate of drug-likeness (QED) is 0.0455. The van der Waals surface area contributed by atoms with E-state index in [9.17, 15) is 33.9 Å². The van der Waals surface area contributed by atoms with Gasteiger partial charge in [0.15, 0.2) is 5.96 Å². The second kappa shape index (κ2) is 17.7. The first kappa shape index (κ1) is 37.3. The highest BCUT2D eigenvalue weighted by molar-refractivity contribution is 5.97. The van der Waals surface area contributed by atoms with Gasteiger partial charge in [0.05, 0.1) is 6.61 Å². The van der Waals surface area contributed by atoms with Gasteiger partial charge in [-0.15, -0.1) is 0 Å². The summed E-state index contributed by atoms with van der Waals surface area (Å²) < 4.78 is 0. The maximum Gasteiger partial charge on any atom is 0.245 e. The van der Waals surface area contributed by atoms with Gasteiger partial charge in [-0.25, -0.2) is 0 Å². The van der Waals surface area contributed by atoms with E-state index in [-0.39, 0.29) is 62.9 Å². The third-order valence-electron chi connectivity index (χ3n) is 7.80. The van der Waals surface area contributed by atoms with Crippen molar-refractivity contribution in [3.8, 4) is 0 Å². The van der Waals surface area contributed by atoms with Crippen LogP contribution in [0.4, 0.5) is 0 Å². The molecule has 5 atom stereocenters. The summed E-state index contributed by atoms with van der Waals surface area (Å²) in [5, 5.41) is 23.5. The number of aliphatic hydroxyl groups is 1. The molecular formula is C31H46N10O7. The maximum absolute atomic E-state index is 13.6. The van der Waals surface area contributed by atoms with Gasteiger partial charge in [-0.3, -0.25) is 33.8 Å². The number of primary amides is 1. The molecule has 0 radical (unpaired) electrons. The van der Waals surface area contributed by atoms with Gasteiger partial charge in [0.1, 0.15) is 30.2 Å². The fourth-order valence-electron chi connectivity index (χ4n) is 5.31. The number of aliphatic hydroxyl groups excluding tert-OH is 1. The molecule has 0 saturated carbocycles. The molecule has 13 N–H and O–H groups in total. The van der Waals surface area contributed by atoms with Gasteiger partial charge in [0.25, 0.3) is 0 Å². The number of hydrogen-bond acceptors (Lipinski definition) is 8. The van der Waals surface area contributed by atoms with Gasteiger partial charge in [0, 0.05) is 36.5 Å². The summed E-state index contributed by atoms with van der Waals surface area (Å²) in [6.07, 6.45) is 2.71. The number of aromatic nitrogens is 1. The molecule has 6 amide bonds. The Labute approximate surface area is 277 Å². The minimum atomic E-state index is -1.41. The normalized spacial score (nSPS) is 16.7. The van der Waals surface area contributed by atoms with E-state index < -0.39 is 66.4 Å². The Morgan fingerprint density at radius 3 is 2.21 bits per heavy atom. The van der Waals surface area contributed by atoms with E-state index in [0.717, 1.165) is 16.5 Å². The highest BCUT2D eigenvalue weighted by Crippen LogP contribution is 2.19. The molecule has 17 heteroatoms. The van der Waals surface area contributed by atoms with E-state index in [1.165, 1.54) is 0 Å². The minimum absolute atomic E-state index is 0.0672. The Bertz CT molecular complexity index is 1500. The molecule has 1 fully saturated rings. The van der Waals surface area contributed by atoms with E-state index in [1.54, 1.807) is 6.20 Å². The number of carbonyl (C=O) groups is 6. The summed E-state index contributed by atoms with van der Waals surface area (Å²) in [4.78, 5) is 83.8. The molecule has 1 aliphatic heterocycles. The summed E-state index contributed by atoms with van der Waals surface area (Å²) >= 11 is 0. The van der Waals surface area contributed by atoms with Crippen molar-refractivity contribution in [1.29, 1.82) is 0 Å². The van der Waals surface area contributed by atoms with Crippen LogP contribution in [0.1, 0.15) is 51.5 Å². The number of benzene rings is 1. The number of para-hydroxylation sites is 1. The van der Waals surface area contributed by atoms with E-state index in [2.05, 4.69) is 36.6 Å². The standard InChI is InChI=1S/C31H46N10O7/c1-16(2)12-23(40-30(48)24(15-42)41-28(46)21-9-10-25(43)37-21)29(47)38-20(8-5-11-35-31(33)34)27(45)39-22(26(32)44)13-17-14-36-19-7-4-3-6-18(17)19/h3-4,6-7,14,16,20-24,36,42H,5,8-13,15H2,1-2H3,(H2,32,44)(H,37,43)(H,38,47)(H,39,45)(H,40,48)(H,41,46)(H4,33,34,35)/t20-,21-,22-,23-,24-/m0/s1.